The van der Waals surface area contributed by atoms with Crippen LogP contribution in [0.3, 0.4) is 0 Å². The van der Waals surface area contributed by atoms with Gasteiger partial charge in [0.05, 0.1) is 6.61 Å². The number of nitrogens with zero attached hydrogens (tertiary/aromatic N) is 2. The van der Waals surface area contributed by atoms with E-state index < -0.39 is 11.9 Å². The van der Waals surface area contributed by atoms with Crippen molar-refractivity contribution in [2.24, 2.45) is 0 Å². The van der Waals surface area contributed by atoms with E-state index in [4.69, 9.17) is 9.47 Å². The van der Waals surface area contributed by atoms with Gasteiger partial charge in [-0.25, -0.2) is 14.6 Å². The summed E-state index contributed by atoms with van der Waals surface area (Å²) in [6.07, 6.45) is 3.11. The van der Waals surface area contributed by atoms with Gasteiger partial charge >= 0.3 is 11.9 Å². The Labute approximate surface area is 161 Å². The predicted octanol–water partition coefficient (Wildman–Crippen LogP) is 2.92. The van der Waals surface area contributed by atoms with Crippen molar-refractivity contribution < 1.29 is 24.2 Å². The van der Waals surface area contributed by atoms with Crippen LogP contribution in [0.1, 0.15) is 31.7 Å². The molecule has 1 heterocycles. The number of carbonyl (C=O) groups is 2. The van der Waals surface area contributed by atoms with Gasteiger partial charge in [-0.2, -0.15) is 0 Å². The summed E-state index contributed by atoms with van der Waals surface area (Å²) in [5.41, 5.74) is 0.524. The minimum Gasteiger partial charge on any atom is -0.481 e. The Balaban J connectivity index is 2.19. The number of carboxylic acid groups (broad SMARTS) is 1. The normalized spacial score (nSPS) is 11.3. The van der Waals surface area contributed by atoms with Crippen molar-refractivity contribution in [1.82, 2.24) is 15.2 Å². The molecule has 0 atom stereocenters. The van der Waals surface area contributed by atoms with Gasteiger partial charge < -0.3 is 14.6 Å². The fourth-order valence-corrected chi connectivity index (χ4v) is 2.83. The van der Waals surface area contributed by atoms with Gasteiger partial charge in [-0.1, -0.05) is 25.1 Å². The first-order chi connectivity index (χ1) is 13.0. The Hall–Kier alpha value is -2.81. The summed E-state index contributed by atoms with van der Waals surface area (Å²) in [7, 11) is 0. The van der Waals surface area contributed by atoms with Crippen molar-refractivity contribution in [3.8, 4) is 5.75 Å². The lowest BCUT2D eigenvalue weighted by Crippen LogP contribution is -2.14. The number of aryl methyl sites for hydroxylation is 1. The van der Waals surface area contributed by atoms with Gasteiger partial charge in [0, 0.05) is 12.0 Å². The third-order valence-corrected chi connectivity index (χ3v) is 4.14. The van der Waals surface area contributed by atoms with Crippen LogP contribution >= 0.6 is 11.8 Å². The number of para-hydroxylation sites is 1. The number of hydrogen-bond donors (Lipinski definition) is 2. The Bertz CT molecular complexity index is 819. The highest BCUT2D eigenvalue weighted by Crippen LogP contribution is 2.29. The first-order valence-corrected chi connectivity index (χ1v) is 9.26. The van der Waals surface area contributed by atoms with Crippen LogP contribution in [0.2, 0.25) is 0 Å². The largest absolute Gasteiger partial charge is 0.481 e. The summed E-state index contributed by atoms with van der Waals surface area (Å²) >= 11 is 0.940. The molecule has 0 amide bonds. The topological polar surface area (TPSA) is 114 Å². The minimum atomic E-state index is -1.11. The zero-order valence-corrected chi connectivity index (χ0v) is 15.9. The molecule has 0 aliphatic rings. The van der Waals surface area contributed by atoms with E-state index in [0.717, 1.165) is 24.6 Å². The highest BCUT2D eigenvalue weighted by atomic mass is 32.2. The van der Waals surface area contributed by atoms with Crippen molar-refractivity contribution in [2.45, 2.75) is 31.8 Å². The smallest absolute Gasteiger partial charge is 0.344 e. The number of rotatable bonds is 10. The number of thioether (sulfide) groups is 1. The monoisotopic (exact) mass is 391 g/mol. The average Bonchev–Trinajstić information content (AvgIpc) is 3.08. The zero-order chi connectivity index (χ0) is 19.6. The second kappa shape index (κ2) is 10.4. The number of nitrogens with one attached hydrogen (secondary N) is 1. The highest BCUT2D eigenvalue weighted by Gasteiger charge is 2.15. The fraction of sp³-hybridized carbons (Fsp3) is 0.333. The number of carbonyl (C=O) groups excluding carboxylic acids is 1. The highest BCUT2D eigenvalue weighted by molar-refractivity contribution is 8.04. The zero-order valence-electron chi connectivity index (χ0n) is 15.1. The third-order valence-electron chi connectivity index (χ3n) is 3.27. The van der Waals surface area contributed by atoms with E-state index >= 15 is 0 Å². The van der Waals surface area contributed by atoms with E-state index in [1.165, 1.54) is 6.08 Å². The van der Waals surface area contributed by atoms with Gasteiger partial charge in [0.15, 0.2) is 6.61 Å². The number of benzene rings is 1. The summed E-state index contributed by atoms with van der Waals surface area (Å²) in [4.78, 5) is 27.4. The Morgan fingerprint density at radius 2 is 2.07 bits per heavy atom. The van der Waals surface area contributed by atoms with E-state index in [9.17, 15) is 14.7 Å². The number of hydrogen-bond acceptors (Lipinski definition) is 7. The number of carboxylic acids is 1. The molecule has 0 fully saturated rings. The molecule has 0 aliphatic carbocycles. The van der Waals surface area contributed by atoms with E-state index in [-0.39, 0.29) is 18.1 Å². The van der Waals surface area contributed by atoms with Crippen LogP contribution in [-0.4, -0.2) is 45.4 Å². The van der Waals surface area contributed by atoms with Gasteiger partial charge in [0.2, 0.25) is 5.16 Å². The lowest BCUT2D eigenvalue weighted by molar-refractivity contribution is -0.145. The van der Waals surface area contributed by atoms with Gasteiger partial charge in [0.1, 0.15) is 16.5 Å². The summed E-state index contributed by atoms with van der Waals surface area (Å²) in [5, 5.41) is 16.7. The molecular formula is C18H21N3O5S. The molecule has 1 aromatic heterocycles. The second-order valence-corrected chi connectivity index (χ2v) is 6.37. The third kappa shape index (κ3) is 6.45. The molecule has 0 saturated carbocycles. The number of aromatic amines is 1. The van der Waals surface area contributed by atoms with Gasteiger partial charge in [-0.15, -0.1) is 5.10 Å². The van der Waals surface area contributed by atoms with Crippen molar-refractivity contribution in [3.05, 3.63) is 40.6 Å². The van der Waals surface area contributed by atoms with Crippen molar-refractivity contribution in [1.29, 1.82) is 0 Å². The van der Waals surface area contributed by atoms with Crippen LogP contribution in [-0.2, 0) is 20.7 Å². The predicted molar refractivity (Wildman–Crippen MR) is 100 cm³/mol. The number of ether oxygens (including phenoxy) is 2. The molecular weight excluding hydrogens is 370 g/mol. The Kier molecular flexibility index (Phi) is 7.87. The maximum atomic E-state index is 11.6. The summed E-state index contributed by atoms with van der Waals surface area (Å²) in [5.74, 6) is -0.509. The minimum absolute atomic E-state index is 0.0317. The molecule has 0 bridgehead atoms. The van der Waals surface area contributed by atoms with Gasteiger partial charge in [0.25, 0.3) is 0 Å². The molecule has 27 heavy (non-hydrogen) atoms. The van der Waals surface area contributed by atoms with Crippen LogP contribution in [0.25, 0.3) is 6.08 Å². The van der Waals surface area contributed by atoms with Crippen LogP contribution in [0.5, 0.6) is 5.75 Å². The lowest BCUT2D eigenvalue weighted by Gasteiger charge is -2.09. The molecule has 0 spiro atoms. The van der Waals surface area contributed by atoms with Crippen LogP contribution in [0.15, 0.2) is 34.3 Å². The van der Waals surface area contributed by atoms with E-state index in [1.807, 2.05) is 6.92 Å². The first kappa shape index (κ1) is 20.5. The molecule has 0 radical (unpaired) electrons. The standard InChI is InChI=1S/C18H21N3O5S/c1-3-7-15-19-18(21-20-15)27-14(17(23)24)10-12-8-5-6-9-13(12)26-11-16(22)25-4-2/h5-6,8-10H,3-4,7,11H2,1-2H3,(H,23,24)(H,19,20,21)/b14-10-. The summed E-state index contributed by atoms with van der Waals surface area (Å²) in [6, 6.07) is 6.84. The Morgan fingerprint density at radius 3 is 2.78 bits per heavy atom. The summed E-state index contributed by atoms with van der Waals surface area (Å²) < 4.78 is 10.3. The van der Waals surface area contributed by atoms with Crippen molar-refractivity contribution in [3.63, 3.8) is 0 Å². The van der Waals surface area contributed by atoms with E-state index in [2.05, 4.69) is 15.2 Å². The van der Waals surface area contributed by atoms with Gasteiger partial charge in [-0.3, -0.25) is 5.10 Å². The molecule has 2 aromatic rings. The second-order valence-electron chi connectivity index (χ2n) is 5.36. The quantitative estimate of drug-likeness (QED) is 0.361. The molecule has 2 N–H and O–H groups in total. The average molecular weight is 391 g/mol. The number of H-pyrrole nitrogens is 1. The van der Waals surface area contributed by atoms with Crippen LogP contribution < -0.4 is 4.74 Å². The lowest BCUT2D eigenvalue weighted by atomic mass is 10.2. The first-order valence-electron chi connectivity index (χ1n) is 8.45. The maximum Gasteiger partial charge on any atom is 0.344 e. The van der Waals surface area contributed by atoms with Crippen LogP contribution in [0, 0.1) is 0 Å². The SMILES string of the molecule is CCCc1nc(S/C(=C\c2ccccc2OCC(=O)OCC)C(=O)O)n[nH]1. The molecule has 0 saturated heterocycles. The van der Waals surface area contributed by atoms with Crippen LogP contribution in [0.4, 0.5) is 0 Å². The molecule has 144 valence electrons. The number of esters is 1. The fourth-order valence-electron chi connectivity index (χ4n) is 2.12. The molecule has 8 nitrogen and oxygen atoms in total. The van der Waals surface area contributed by atoms with Crippen molar-refractivity contribution >= 4 is 29.8 Å². The number of aliphatic carboxylic acids is 1. The molecule has 0 unspecified atom stereocenters. The molecule has 0 aliphatic heterocycles. The van der Waals surface area contributed by atoms with Crippen molar-refractivity contribution in [2.75, 3.05) is 13.2 Å². The molecule has 1 aromatic carbocycles. The summed E-state index contributed by atoms with van der Waals surface area (Å²) in [6.45, 7) is 3.74. The van der Waals surface area contributed by atoms with E-state index in [0.29, 0.717) is 22.3 Å². The molecule has 2 rings (SSSR count). The number of aromatic nitrogens is 3. The van der Waals surface area contributed by atoms with Gasteiger partial charge in [-0.05, 0) is 37.2 Å². The van der Waals surface area contributed by atoms with E-state index in [1.54, 1.807) is 31.2 Å². The Morgan fingerprint density at radius 1 is 1.30 bits per heavy atom. The molecule has 9 heteroatoms. The maximum absolute atomic E-state index is 11.6.